The maximum atomic E-state index is 5.96. The summed E-state index contributed by atoms with van der Waals surface area (Å²) in [6.07, 6.45) is 8.44. The number of aromatic amines is 4. The van der Waals surface area contributed by atoms with Gasteiger partial charge in [0, 0.05) is 51.0 Å². The Balaban J connectivity index is 1.65. The van der Waals surface area contributed by atoms with E-state index in [1.165, 1.54) is 0 Å². The van der Waals surface area contributed by atoms with E-state index in [9.17, 15) is 0 Å². The smallest absolute Gasteiger partial charge is 0.144 e. The van der Waals surface area contributed by atoms with Gasteiger partial charge in [0.15, 0.2) is 0 Å². The van der Waals surface area contributed by atoms with Crippen molar-refractivity contribution in [2.24, 2.45) is 11.5 Å². The van der Waals surface area contributed by atoms with Crippen LogP contribution in [0.1, 0.15) is 29.2 Å². The molecule has 0 amide bonds. The van der Waals surface area contributed by atoms with E-state index in [4.69, 9.17) is 16.2 Å². The van der Waals surface area contributed by atoms with Crippen LogP contribution in [-0.2, 0) is 0 Å². The molecule has 30 heavy (non-hydrogen) atoms. The molecule has 0 spiro atoms. The van der Waals surface area contributed by atoms with Crippen LogP contribution in [0.25, 0.3) is 24.3 Å². The molecule has 0 atom stereocenters. The summed E-state index contributed by atoms with van der Waals surface area (Å²) in [5.74, 6) is 0.762. The van der Waals surface area contributed by atoms with Crippen LogP contribution >= 0.6 is 0 Å². The molecule has 0 aliphatic carbocycles. The van der Waals surface area contributed by atoms with Crippen molar-refractivity contribution >= 4 is 24.3 Å². The number of nitrogens with one attached hydrogen (secondary N) is 4. The summed E-state index contributed by atoms with van der Waals surface area (Å²) in [6.45, 7) is 0.454. The maximum Gasteiger partial charge on any atom is 0.144 e. The van der Waals surface area contributed by atoms with E-state index < -0.39 is 0 Å². The average molecular weight is 400 g/mol. The molecule has 4 aromatic heterocycles. The van der Waals surface area contributed by atoms with Gasteiger partial charge in [-0.3, -0.25) is 0 Å². The summed E-state index contributed by atoms with van der Waals surface area (Å²) >= 11 is 0. The third-order valence-corrected chi connectivity index (χ3v) is 4.97. The van der Waals surface area contributed by atoms with Gasteiger partial charge in [-0.25, -0.2) is 0 Å². The highest BCUT2D eigenvalue weighted by Gasteiger charge is 2.08. The number of rotatable bonds is 4. The molecule has 0 fully saturated rings. The number of aromatic nitrogens is 4. The largest absolute Gasteiger partial charge is 0.491 e. The van der Waals surface area contributed by atoms with Gasteiger partial charge in [-0.05, 0) is 60.7 Å². The third kappa shape index (κ3) is 4.03. The lowest BCUT2D eigenvalue weighted by Gasteiger charge is -2.07. The summed E-state index contributed by atoms with van der Waals surface area (Å²) in [5, 5.41) is 4.01. The minimum absolute atomic E-state index is 0.389. The van der Waals surface area contributed by atoms with Crippen LogP contribution in [-0.4, -0.2) is 32.7 Å². The van der Waals surface area contributed by atoms with Crippen molar-refractivity contribution < 1.29 is 4.74 Å². The SMILES string of the molecule is NC(N)CCOc1cc2[nH]c1C=c1ccc([nH]1)=Cc1ccc([nH]1)C=c1ccc([nH]1)=C2. The maximum absolute atomic E-state index is 5.96. The number of H-pyrrole nitrogens is 4. The van der Waals surface area contributed by atoms with E-state index in [-0.39, 0.29) is 6.17 Å². The Morgan fingerprint density at radius 3 is 1.83 bits per heavy atom. The fourth-order valence-corrected chi connectivity index (χ4v) is 3.53. The topological polar surface area (TPSA) is 124 Å². The molecule has 0 saturated heterocycles. The molecule has 7 heteroatoms. The first-order valence-electron chi connectivity index (χ1n) is 9.94. The van der Waals surface area contributed by atoms with Crippen LogP contribution in [0.3, 0.4) is 0 Å². The summed E-state index contributed by atoms with van der Waals surface area (Å²) in [4.78, 5) is 13.7. The van der Waals surface area contributed by atoms with Crippen molar-refractivity contribution in [2.45, 2.75) is 12.6 Å². The van der Waals surface area contributed by atoms with Crippen LogP contribution in [0.4, 0.5) is 0 Å². The second kappa shape index (κ2) is 7.62. The molecule has 1 aliphatic heterocycles. The zero-order valence-corrected chi connectivity index (χ0v) is 16.4. The quantitative estimate of drug-likeness (QED) is 0.231. The second-order valence-electron chi connectivity index (χ2n) is 7.49. The monoisotopic (exact) mass is 400 g/mol. The number of fused-ring (bicyclic) bond motifs is 8. The summed E-state index contributed by atoms with van der Waals surface area (Å²) in [7, 11) is 0. The van der Waals surface area contributed by atoms with Crippen molar-refractivity contribution in [3.05, 3.63) is 86.6 Å². The molecule has 5 rings (SSSR count). The number of hydrogen-bond donors (Lipinski definition) is 6. The van der Waals surface area contributed by atoms with Gasteiger partial charge in [-0.15, -0.1) is 0 Å². The number of hydrogen-bond acceptors (Lipinski definition) is 3. The van der Waals surface area contributed by atoms with Gasteiger partial charge in [0.25, 0.3) is 0 Å². The fraction of sp³-hybridized carbons (Fsp3) is 0.130. The highest BCUT2D eigenvalue weighted by atomic mass is 16.5. The lowest BCUT2D eigenvalue weighted by molar-refractivity contribution is 0.298. The third-order valence-electron chi connectivity index (χ3n) is 4.97. The molecular formula is C23H24N6O. The first kappa shape index (κ1) is 18.4. The number of ether oxygens (including phenoxy) is 1. The minimum atomic E-state index is -0.389. The first-order chi connectivity index (χ1) is 14.6. The van der Waals surface area contributed by atoms with Crippen molar-refractivity contribution in [1.82, 2.24) is 19.9 Å². The Bertz CT molecular complexity index is 1410. The molecular weight excluding hydrogens is 376 g/mol. The van der Waals surface area contributed by atoms with Gasteiger partial charge in [0.05, 0.1) is 18.5 Å². The molecule has 0 saturated carbocycles. The first-order valence-corrected chi connectivity index (χ1v) is 9.94. The Morgan fingerprint density at radius 1 is 0.667 bits per heavy atom. The van der Waals surface area contributed by atoms with Crippen molar-refractivity contribution in [2.75, 3.05) is 6.61 Å². The van der Waals surface area contributed by atoms with Gasteiger partial charge < -0.3 is 36.1 Å². The number of nitrogens with two attached hydrogens (primary N) is 2. The van der Waals surface area contributed by atoms with Crippen LogP contribution < -0.4 is 37.6 Å². The average Bonchev–Trinajstić information content (AvgIpc) is 3.47. The zero-order chi connectivity index (χ0) is 20.5. The van der Waals surface area contributed by atoms with Crippen LogP contribution in [0.5, 0.6) is 5.75 Å². The van der Waals surface area contributed by atoms with E-state index in [0.29, 0.717) is 13.0 Å². The van der Waals surface area contributed by atoms with Gasteiger partial charge >= 0.3 is 0 Å². The van der Waals surface area contributed by atoms with Gasteiger partial charge in [-0.2, -0.15) is 0 Å². The molecule has 4 aromatic rings. The molecule has 0 radical (unpaired) electrons. The molecule has 7 nitrogen and oxygen atoms in total. The molecule has 5 heterocycles. The van der Waals surface area contributed by atoms with E-state index in [1.807, 2.05) is 18.2 Å². The van der Waals surface area contributed by atoms with Gasteiger partial charge in [-0.1, -0.05) is 0 Å². The summed E-state index contributed by atoms with van der Waals surface area (Å²) in [6, 6.07) is 14.3. The lowest BCUT2D eigenvalue weighted by atomic mass is 10.3. The Kier molecular flexibility index (Phi) is 4.66. The normalized spacial score (nSPS) is 12.6. The molecule has 8 N–H and O–H groups in total. The molecule has 8 bridgehead atoms. The Morgan fingerprint density at radius 2 is 1.23 bits per heavy atom. The Hall–Kier alpha value is -3.68. The fourth-order valence-electron chi connectivity index (χ4n) is 3.53. The summed E-state index contributed by atoms with van der Waals surface area (Å²) < 4.78 is 5.96. The molecule has 1 aliphatic rings. The van der Waals surface area contributed by atoms with E-state index in [2.05, 4.69) is 68.5 Å². The second-order valence-corrected chi connectivity index (χ2v) is 7.49. The predicted octanol–water partition coefficient (Wildman–Crippen LogP) is -0.360. The zero-order valence-electron chi connectivity index (χ0n) is 16.4. The molecule has 0 unspecified atom stereocenters. The Labute approximate surface area is 172 Å². The van der Waals surface area contributed by atoms with Gasteiger partial charge in [0.2, 0.25) is 0 Å². The van der Waals surface area contributed by atoms with E-state index >= 15 is 0 Å². The van der Waals surface area contributed by atoms with Crippen molar-refractivity contribution in [3.8, 4) is 5.75 Å². The van der Waals surface area contributed by atoms with Gasteiger partial charge in [0.1, 0.15) is 5.75 Å². The highest BCUT2D eigenvalue weighted by molar-refractivity contribution is 5.60. The summed E-state index contributed by atoms with van der Waals surface area (Å²) in [5.41, 5.74) is 15.2. The highest BCUT2D eigenvalue weighted by Crippen LogP contribution is 2.21. The van der Waals surface area contributed by atoms with Crippen LogP contribution in [0.2, 0.25) is 0 Å². The van der Waals surface area contributed by atoms with E-state index in [0.717, 1.165) is 49.9 Å². The standard InChI is InChI=1S/C23H24N6O/c24-23(25)7-8-30-22-13-20-11-18-4-3-16(27-18)9-14-1-2-15(26-14)10-17-5-6-19(28-17)12-21(22)29-20/h1-6,9-13,23,26-29H,7-8,24-25H2. The molecule has 152 valence electrons. The van der Waals surface area contributed by atoms with Crippen LogP contribution in [0.15, 0.2) is 42.5 Å². The minimum Gasteiger partial charge on any atom is -0.491 e. The molecule has 0 aromatic carbocycles. The van der Waals surface area contributed by atoms with Crippen LogP contribution in [0, 0.1) is 0 Å². The van der Waals surface area contributed by atoms with Crippen molar-refractivity contribution in [1.29, 1.82) is 0 Å². The lowest BCUT2D eigenvalue weighted by Crippen LogP contribution is -2.32. The van der Waals surface area contributed by atoms with Crippen molar-refractivity contribution in [3.63, 3.8) is 0 Å². The predicted molar refractivity (Wildman–Crippen MR) is 118 cm³/mol. The van der Waals surface area contributed by atoms with E-state index in [1.54, 1.807) is 0 Å².